The number of hydrogen-bond donors (Lipinski definition) is 3. The van der Waals surface area contributed by atoms with E-state index in [0.717, 1.165) is 5.69 Å². The van der Waals surface area contributed by atoms with Gasteiger partial charge in [0.15, 0.2) is 11.5 Å². The van der Waals surface area contributed by atoms with Crippen LogP contribution in [-0.4, -0.2) is 30.9 Å². The molecule has 0 radical (unpaired) electrons. The molecule has 1 amide bonds. The number of carbonyl (C=O) groups excluding carboxylic acids is 1. The van der Waals surface area contributed by atoms with Gasteiger partial charge in [0, 0.05) is 10.7 Å². The molecule has 6 nitrogen and oxygen atoms in total. The third-order valence-electron chi connectivity index (χ3n) is 2.93. The van der Waals surface area contributed by atoms with E-state index in [1.54, 1.807) is 30.3 Å². The lowest BCUT2D eigenvalue weighted by Crippen LogP contribution is -2.25. The van der Waals surface area contributed by atoms with Gasteiger partial charge in [-0.2, -0.15) is 5.10 Å². The highest BCUT2D eigenvalue weighted by Gasteiger charge is 2.08. The smallest absolute Gasteiger partial charge is 0.259 e. The molecule has 0 aromatic heterocycles. The Labute approximate surface area is 152 Å². The topological polar surface area (TPSA) is 83.0 Å². The first-order valence-electron chi connectivity index (χ1n) is 6.87. The lowest BCUT2D eigenvalue weighted by Gasteiger charge is -2.07. The number of anilines is 1. The van der Waals surface area contributed by atoms with Crippen LogP contribution in [0, 0.1) is 0 Å². The number of hydrogen-bond acceptors (Lipinski definition) is 5. The van der Waals surface area contributed by atoms with Gasteiger partial charge in [-0.1, -0.05) is 17.7 Å². The van der Waals surface area contributed by atoms with Crippen LogP contribution in [0.25, 0.3) is 0 Å². The number of halogens is 2. The summed E-state index contributed by atoms with van der Waals surface area (Å²) in [5, 5.41) is 17.2. The van der Waals surface area contributed by atoms with E-state index in [0.29, 0.717) is 20.8 Å². The number of amides is 1. The SMILES string of the molecule is COc1c(O)cc(/C=N\NC(=O)CNc2cccc(Cl)c2)cc1Br. The molecule has 126 valence electrons. The van der Waals surface area contributed by atoms with Gasteiger partial charge >= 0.3 is 0 Å². The predicted molar refractivity (Wildman–Crippen MR) is 98.0 cm³/mol. The van der Waals surface area contributed by atoms with Crippen LogP contribution in [0.5, 0.6) is 11.5 Å². The summed E-state index contributed by atoms with van der Waals surface area (Å²) in [7, 11) is 1.46. The fourth-order valence-corrected chi connectivity index (χ4v) is 2.69. The first kappa shape index (κ1) is 18.1. The Morgan fingerprint density at radius 3 is 2.88 bits per heavy atom. The summed E-state index contributed by atoms with van der Waals surface area (Å²) in [5.74, 6) is -0.00722. The Balaban J connectivity index is 1.88. The first-order valence-corrected chi connectivity index (χ1v) is 8.04. The average Bonchev–Trinajstić information content (AvgIpc) is 2.53. The summed E-state index contributed by atoms with van der Waals surface area (Å²) in [6.45, 7) is 0.0508. The summed E-state index contributed by atoms with van der Waals surface area (Å²) in [6, 6.07) is 10.2. The summed E-state index contributed by atoms with van der Waals surface area (Å²) >= 11 is 9.14. The van der Waals surface area contributed by atoms with Gasteiger partial charge < -0.3 is 15.2 Å². The van der Waals surface area contributed by atoms with E-state index < -0.39 is 0 Å². The summed E-state index contributed by atoms with van der Waals surface area (Å²) in [4.78, 5) is 11.7. The van der Waals surface area contributed by atoms with Crippen molar-refractivity contribution in [3.8, 4) is 11.5 Å². The van der Waals surface area contributed by atoms with Gasteiger partial charge in [0.05, 0.1) is 24.3 Å². The van der Waals surface area contributed by atoms with Crippen LogP contribution >= 0.6 is 27.5 Å². The third kappa shape index (κ3) is 5.14. The minimum atomic E-state index is -0.317. The number of hydrazone groups is 1. The summed E-state index contributed by atoms with van der Waals surface area (Å²) in [5.41, 5.74) is 3.73. The van der Waals surface area contributed by atoms with Crippen molar-refractivity contribution in [2.75, 3.05) is 19.0 Å². The molecule has 0 aliphatic rings. The van der Waals surface area contributed by atoms with Crippen molar-refractivity contribution < 1.29 is 14.6 Å². The molecule has 0 unspecified atom stereocenters. The van der Waals surface area contributed by atoms with E-state index in [1.807, 2.05) is 0 Å². The second-order valence-electron chi connectivity index (χ2n) is 4.71. The van der Waals surface area contributed by atoms with E-state index in [1.165, 1.54) is 19.4 Å². The molecule has 2 aromatic carbocycles. The molecule has 24 heavy (non-hydrogen) atoms. The molecule has 0 spiro atoms. The number of rotatable bonds is 6. The number of phenolic OH excluding ortho intramolecular Hbond substituents is 1. The van der Waals surface area contributed by atoms with E-state index in [4.69, 9.17) is 16.3 Å². The summed E-state index contributed by atoms with van der Waals surface area (Å²) < 4.78 is 5.61. The molecule has 0 aliphatic heterocycles. The van der Waals surface area contributed by atoms with Gasteiger partial charge in [-0.15, -0.1) is 0 Å². The van der Waals surface area contributed by atoms with Gasteiger partial charge in [-0.3, -0.25) is 4.79 Å². The highest BCUT2D eigenvalue weighted by molar-refractivity contribution is 9.10. The molecular formula is C16H15BrClN3O3. The van der Waals surface area contributed by atoms with Crippen LogP contribution in [-0.2, 0) is 4.79 Å². The number of carbonyl (C=O) groups is 1. The molecule has 0 aliphatic carbocycles. The zero-order chi connectivity index (χ0) is 17.5. The van der Waals surface area contributed by atoms with Crippen molar-refractivity contribution in [2.24, 2.45) is 5.10 Å². The number of aromatic hydroxyl groups is 1. The molecular weight excluding hydrogens is 398 g/mol. The normalized spacial score (nSPS) is 10.6. The molecule has 2 aromatic rings. The zero-order valence-corrected chi connectivity index (χ0v) is 15.1. The fraction of sp³-hybridized carbons (Fsp3) is 0.125. The second-order valence-corrected chi connectivity index (χ2v) is 6.00. The van der Waals surface area contributed by atoms with Crippen LogP contribution in [0.2, 0.25) is 5.02 Å². The molecule has 0 heterocycles. The quantitative estimate of drug-likeness (QED) is 0.502. The maximum atomic E-state index is 11.7. The number of nitrogens with zero attached hydrogens (tertiary/aromatic N) is 1. The highest BCUT2D eigenvalue weighted by atomic mass is 79.9. The number of benzene rings is 2. The molecule has 0 atom stereocenters. The molecule has 0 saturated carbocycles. The Kier molecular flexibility index (Phi) is 6.45. The predicted octanol–water partition coefficient (Wildman–Crippen LogP) is 3.38. The van der Waals surface area contributed by atoms with Crippen molar-refractivity contribution in [1.82, 2.24) is 5.43 Å². The van der Waals surface area contributed by atoms with Crippen molar-refractivity contribution in [2.45, 2.75) is 0 Å². The maximum absolute atomic E-state index is 11.7. The molecule has 3 N–H and O–H groups in total. The van der Waals surface area contributed by atoms with Gasteiger partial charge in [-0.25, -0.2) is 5.43 Å². The molecule has 8 heteroatoms. The molecule has 0 bridgehead atoms. The second kappa shape index (κ2) is 8.56. The Morgan fingerprint density at radius 1 is 1.42 bits per heavy atom. The highest BCUT2D eigenvalue weighted by Crippen LogP contribution is 2.34. The lowest BCUT2D eigenvalue weighted by molar-refractivity contribution is -0.119. The van der Waals surface area contributed by atoms with Gasteiger partial charge in [0.2, 0.25) is 0 Å². The minimum Gasteiger partial charge on any atom is -0.504 e. The van der Waals surface area contributed by atoms with E-state index in [9.17, 15) is 9.90 Å². The number of phenols is 1. The standard InChI is InChI=1S/C16H15BrClN3O3/c1-24-16-13(17)5-10(6-14(16)22)8-20-21-15(23)9-19-12-4-2-3-11(18)7-12/h2-8,19,22H,9H2,1H3,(H,21,23)/b20-8-. The van der Waals surface area contributed by atoms with Crippen molar-refractivity contribution >= 4 is 45.3 Å². The van der Waals surface area contributed by atoms with Crippen LogP contribution < -0.4 is 15.5 Å². The number of methoxy groups -OCH3 is 1. The molecule has 0 fully saturated rings. The minimum absolute atomic E-state index is 0.0257. The van der Waals surface area contributed by atoms with Crippen molar-refractivity contribution in [1.29, 1.82) is 0 Å². The maximum Gasteiger partial charge on any atom is 0.259 e. The van der Waals surface area contributed by atoms with Crippen LogP contribution in [0.3, 0.4) is 0 Å². The Morgan fingerprint density at radius 2 is 2.21 bits per heavy atom. The van der Waals surface area contributed by atoms with Gasteiger partial charge in [0.1, 0.15) is 0 Å². The van der Waals surface area contributed by atoms with Crippen molar-refractivity contribution in [3.05, 3.63) is 51.5 Å². The third-order valence-corrected chi connectivity index (χ3v) is 3.76. The number of ether oxygens (including phenoxy) is 1. The van der Waals surface area contributed by atoms with Gasteiger partial charge in [-0.05, 0) is 51.8 Å². The largest absolute Gasteiger partial charge is 0.504 e. The lowest BCUT2D eigenvalue weighted by atomic mass is 10.2. The summed E-state index contributed by atoms with van der Waals surface area (Å²) in [6.07, 6.45) is 1.42. The Hall–Kier alpha value is -2.25. The molecule has 2 rings (SSSR count). The van der Waals surface area contributed by atoms with Crippen molar-refractivity contribution in [3.63, 3.8) is 0 Å². The fourth-order valence-electron chi connectivity index (χ4n) is 1.88. The average molecular weight is 413 g/mol. The molecule has 0 saturated heterocycles. The van der Waals surface area contributed by atoms with Crippen LogP contribution in [0.15, 0.2) is 46.0 Å². The van der Waals surface area contributed by atoms with E-state index >= 15 is 0 Å². The first-order chi connectivity index (χ1) is 11.5. The van der Waals surface area contributed by atoms with E-state index in [2.05, 4.69) is 31.8 Å². The van der Waals surface area contributed by atoms with Crippen LogP contribution in [0.4, 0.5) is 5.69 Å². The Bertz CT molecular complexity index is 745. The monoisotopic (exact) mass is 411 g/mol. The van der Waals surface area contributed by atoms with E-state index in [-0.39, 0.29) is 18.2 Å². The number of nitrogens with one attached hydrogen (secondary N) is 2. The van der Waals surface area contributed by atoms with Gasteiger partial charge in [0.25, 0.3) is 5.91 Å². The van der Waals surface area contributed by atoms with Crippen LogP contribution in [0.1, 0.15) is 5.56 Å². The zero-order valence-electron chi connectivity index (χ0n) is 12.7.